The average Bonchev–Trinajstić information content (AvgIpc) is 2.75. The van der Waals surface area contributed by atoms with E-state index in [1.807, 2.05) is 53.9 Å². The Balaban J connectivity index is 2.20. The maximum atomic E-state index is 5.86. The minimum atomic E-state index is 0.738. The van der Waals surface area contributed by atoms with Crippen molar-refractivity contribution in [3.63, 3.8) is 0 Å². The van der Waals surface area contributed by atoms with Crippen LogP contribution in [0.25, 0.3) is 16.8 Å². The van der Waals surface area contributed by atoms with Crippen LogP contribution in [0, 0.1) is 6.92 Å². The van der Waals surface area contributed by atoms with E-state index < -0.39 is 0 Å². The maximum Gasteiger partial charge on any atom is 0.118 e. The molecule has 0 aliphatic heterocycles. The first-order valence-electron chi connectivity index (χ1n) is 6.07. The monoisotopic (exact) mass is 253 g/mol. The van der Waals surface area contributed by atoms with E-state index in [1.165, 1.54) is 0 Å². The molecule has 4 heteroatoms. The zero-order valence-electron chi connectivity index (χ0n) is 10.9. The highest BCUT2D eigenvalue weighted by Crippen LogP contribution is 2.27. The number of nitrogens with zero attached hydrogens (tertiary/aromatic N) is 2. The van der Waals surface area contributed by atoms with Gasteiger partial charge in [-0.25, -0.2) is 4.98 Å². The van der Waals surface area contributed by atoms with E-state index in [9.17, 15) is 0 Å². The molecule has 0 saturated heterocycles. The van der Waals surface area contributed by atoms with Crippen molar-refractivity contribution in [2.24, 2.45) is 0 Å². The van der Waals surface area contributed by atoms with E-state index in [2.05, 4.69) is 4.98 Å². The standard InChI is InChI=1S/C15H15N3O/c1-10-17-15(11-3-5-13(19-2)6-4-11)14-9-12(16)7-8-18(10)14/h3-9H,16H2,1-2H3. The number of imidazole rings is 1. The molecule has 0 atom stereocenters. The topological polar surface area (TPSA) is 52.5 Å². The molecule has 2 N–H and O–H groups in total. The van der Waals surface area contributed by atoms with Crippen LogP contribution in [0.5, 0.6) is 5.75 Å². The molecule has 2 aromatic heterocycles. The molecule has 3 rings (SSSR count). The highest BCUT2D eigenvalue weighted by molar-refractivity contribution is 5.79. The molecule has 0 unspecified atom stereocenters. The minimum Gasteiger partial charge on any atom is -0.497 e. The van der Waals surface area contributed by atoms with Gasteiger partial charge in [-0.15, -0.1) is 0 Å². The number of fused-ring (bicyclic) bond motifs is 1. The average molecular weight is 253 g/mol. The van der Waals surface area contributed by atoms with E-state index in [1.54, 1.807) is 7.11 Å². The second kappa shape index (κ2) is 4.31. The van der Waals surface area contributed by atoms with Crippen LogP contribution < -0.4 is 10.5 Å². The maximum absolute atomic E-state index is 5.86. The van der Waals surface area contributed by atoms with Gasteiger partial charge in [-0.1, -0.05) is 0 Å². The number of nitrogens with two attached hydrogens (primary N) is 1. The molecule has 4 nitrogen and oxygen atoms in total. The Bertz CT molecular complexity index is 729. The van der Waals surface area contributed by atoms with Crippen molar-refractivity contribution in [2.75, 3.05) is 12.8 Å². The minimum absolute atomic E-state index is 0.738. The van der Waals surface area contributed by atoms with Crippen molar-refractivity contribution >= 4 is 11.2 Å². The molecule has 0 saturated carbocycles. The van der Waals surface area contributed by atoms with Crippen molar-refractivity contribution < 1.29 is 4.74 Å². The molecule has 0 spiro atoms. The van der Waals surface area contributed by atoms with E-state index >= 15 is 0 Å². The van der Waals surface area contributed by atoms with Gasteiger partial charge in [-0.05, 0) is 43.3 Å². The number of pyridine rings is 1. The molecule has 0 fully saturated rings. The summed E-state index contributed by atoms with van der Waals surface area (Å²) in [4.78, 5) is 4.62. The molecule has 96 valence electrons. The van der Waals surface area contributed by atoms with Crippen molar-refractivity contribution in [3.8, 4) is 17.0 Å². The number of nitrogen functional groups attached to an aromatic ring is 1. The highest BCUT2D eigenvalue weighted by atomic mass is 16.5. The summed E-state index contributed by atoms with van der Waals surface area (Å²) in [5, 5.41) is 0. The zero-order chi connectivity index (χ0) is 13.4. The SMILES string of the molecule is COc1ccc(-c2nc(C)n3ccc(N)cc23)cc1. The fourth-order valence-electron chi connectivity index (χ4n) is 2.22. The number of anilines is 1. The Morgan fingerprint density at radius 2 is 1.89 bits per heavy atom. The molecule has 1 aromatic carbocycles. The number of methoxy groups -OCH3 is 1. The van der Waals surface area contributed by atoms with E-state index in [4.69, 9.17) is 10.5 Å². The molecule has 0 aliphatic carbocycles. The first-order chi connectivity index (χ1) is 9.19. The predicted molar refractivity (Wildman–Crippen MR) is 76.3 cm³/mol. The largest absolute Gasteiger partial charge is 0.497 e. The lowest BCUT2D eigenvalue weighted by molar-refractivity contribution is 0.415. The molecular weight excluding hydrogens is 238 g/mol. The molecule has 0 aliphatic rings. The third-order valence-corrected chi connectivity index (χ3v) is 3.21. The smallest absolute Gasteiger partial charge is 0.118 e. The first-order valence-corrected chi connectivity index (χ1v) is 6.07. The number of aromatic nitrogens is 2. The Hall–Kier alpha value is -2.49. The predicted octanol–water partition coefficient (Wildman–Crippen LogP) is 2.90. The highest BCUT2D eigenvalue weighted by Gasteiger charge is 2.10. The molecule has 0 bridgehead atoms. The summed E-state index contributed by atoms with van der Waals surface area (Å²) < 4.78 is 7.21. The van der Waals surface area contributed by atoms with Gasteiger partial charge in [0, 0.05) is 17.4 Å². The molecule has 0 amide bonds. The number of hydrogen-bond acceptors (Lipinski definition) is 3. The Kier molecular flexibility index (Phi) is 2.63. The summed E-state index contributed by atoms with van der Waals surface area (Å²) in [6, 6.07) is 11.7. The lowest BCUT2D eigenvalue weighted by Gasteiger charge is -2.02. The van der Waals surface area contributed by atoms with Crippen molar-refractivity contribution in [3.05, 3.63) is 48.4 Å². The van der Waals surface area contributed by atoms with Gasteiger partial charge >= 0.3 is 0 Å². The van der Waals surface area contributed by atoms with Crippen LogP contribution in [0.4, 0.5) is 5.69 Å². The van der Waals surface area contributed by atoms with Crippen LogP contribution in [0.2, 0.25) is 0 Å². The van der Waals surface area contributed by atoms with Crippen molar-refractivity contribution in [1.29, 1.82) is 0 Å². The Morgan fingerprint density at radius 3 is 2.58 bits per heavy atom. The van der Waals surface area contributed by atoms with Crippen LogP contribution in [0.3, 0.4) is 0 Å². The Morgan fingerprint density at radius 1 is 1.16 bits per heavy atom. The van der Waals surface area contributed by atoms with Gasteiger partial charge in [-0.3, -0.25) is 0 Å². The normalized spacial score (nSPS) is 10.8. The van der Waals surface area contributed by atoms with Gasteiger partial charge in [0.15, 0.2) is 0 Å². The molecule has 2 heterocycles. The van der Waals surface area contributed by atoms with Gasteiger partial charge in [0.05, 0.1) is 18.3 Å². The summed E-state index contributed by atoms with van der Waals surface area (Å²) >= 11 is 0. The quantitative estimate of drug-likeness (QED) is 0.764. The summed E-state index contributed by atoms with van der Waals surface area (Å²) in [6.07, 6.45) is 1.94. The summed E-state index contributed by atoms with van der Waals surface area (Å²) in [6.45, 7) is 1.98. The lowest BCUT2D eigenvalue weighted by Crippen LogP contribution is -1.90. The number of hydrogen-bond donors (Lipinski definition) is 1. The fourth-order valence-corrected chi connectivity index (χ4v) is 2.22. The van der Waals surface area contributed by atoms with Crippen molar-refractivity contribution in [2.45, 2.75) is 6.92 Å². The van der Waals surface area contributed by atoms with Crippen LogP contribution in [0.15, 0.2) is 42.6 Å². The molecule has 3 aromatic rings. The molecular formula is C15H15N3O. The van der Waals surface area contributed by atoms with Crippen LogP contribution in [0.1, 0.15) is 5.82 Å². The Labute approximate surface area is 111 Å². The third-order valence-electron chi connectivity index (χ3n) is 3.21. The van der Waals surface area contributed by atoms with Gasteiger partial charge in [0.25, 0.3) is 0 Å². The van der Waals surface area contributed by atoms with Gasteiger partial charge in [0.2, 0.25) is 0 Å². The third kappa shape index (κ3) is 1.91. The van der Waals surface area contributed by atoms with E-state index in [-0.39, 0.29) is 0 Å². The first kappa shape index (κ1) is 11.6. The van der Waals surface area contributed by atoms with Crippen LogP contribution in [-0.4, -0.2) is 16.5 Å². The molecule has 19 heavy (non-hydrogen) atoms. The molecule has 0 radical (unpaired) electrons. The number of benzene rings is 1. The van der Waals surface area contributed by atoms with Crippen LogP contribution >= 0.6 is 0 Å². The summed E-state index contributed by atoms with van der Waals surface area (Å²) in [7, 11) is 1.66. The van der Waals surface area contributed by atoms with Gasteiger partial charge < -0.3 is 14.9 Å². The second-order valence-corrected chi connectivity index (χ2v) is 4.45. The van der Waals surface area contributed by atoms with Crippen LogP contribution in [-0.2, 0) is 0 Å². The number of rotatable bonds is 2. The number of aryl methyl sites for hydroxylation is 1. The van der Waals surface area contributed by atoms with Gasteiger partial charge in [0.1, 0.15) is 11.6 Å². The summed E-state index contributed by atoms with van der Waals surface area (Å²) in [5.41, 5.74) is 9.61. The van der Waals surface area contributed by atoms with E-state index in [0.717, 1.165) is 34.0 Å². The number of ether oxygens (including phenoxy) is 1. The van der Waals surface area contributed by atoms with Gasteiger partial charge in [-0.2, -0.15) is 0 Å². The zero-order valence-corrected chi connectivity index (χ0v) is 10.9. The lowest BCUT2D eigenvalue weighted by atomic mass is 10.1. The fraction of sp³-hybridized carbons (Fsp3) is 0.133. The van der Waals surface area contributed by atoms with E-state index in [0.29, 0.717) is 0 Å². The van der Waals surface area contributed by atoms with Crippen molar-refractivity contribution in [1.82, 2.24) is 9.38 Å². The second-order valence-electron chi connectivity index (χ2n) is 4.45. The summed E-state index contributed by atoms with van der Waals surface area (Å²) in [5.74, 6) is 1.78.